The first-order valence-electron chi connectivity index (χ1n) is 8.02. The Kier molecular flexibility index (Phi) is 9.17. The van der Waals surface area contributed by atoms with E-state index in [0.29, 0.717) is 18.0 Å². The lowest BCUT2D eigenvalue weighted by Gasteiger charge is -2.24. The van der Waals surface area contributed by atoms with Crippen LogP contribution in [0.3, 0.4) is 0 Å². The van der Waals surface area contributed by atoms with E-state index >= 15 is 0 Å². The molecule has 0 amide bonds. The minimum atomic E-state index is -3.50. The first kappa shape index (κ1) is 22.5. The van der Waals surface area contributed by atoms with E-state index in [-0.39, 0.29) is 17.9 Å². The third-order valence-corrected chi connectivity index (χ3v) is 8.10. The maximum atomic E-state index is 12.2. The summed E-state index contributed by atoms with van der Waals surface area (Å²) in [7, 11) is -1.69. The zero-order valence-electron chi connectivity index (χ0n) is 15.4. The molecule has 0 saturated carbocycles. The van der Waals surface area contributed by atoms with Gasteiger partial charge in [0.2, 0.25) is 0 Å². The van der Waals surface area contributed by atoms with Crippen LogP contribution in [0.2, 0.25) is 6.04 Å². The monoisotopic (exact) mass is 402 g/mol. The van der Waals surface area contributed by atoms with Gasteiger partial charge in [-0.2, -0.15) is 0 Å². The Bertz CT molecular complexity index is 676. The zero-order valence-corrected chi connectivity index (χ0v) is 17.2. The van der Waals surface area contributed by atoms with Crippen LogP contribution in [-0.2, 0) is 38.4 Å². The topological polar surface area (TPSA) is 88.1 Å². The lowest BCUT2D eigenvalue weighted by atomic mass is 10.2. The Hall–Kier alpha value is -1.52. The normalized spacial score (nSPS) is 12.0. The van der Waals surface area contributed by atoms with Crippen LogP contribution >= 0.6 is 0 Å². The average Bonchev–Trinajstić information content (AvgIpc) is 2.62. The molecule has 7 nitrogen and oxygen atoms in total. The minimum absolute atomic E-state index is 0.0883. The van der Waals surface area contributed by atoms with Crippen LogP contribution < -0.4 is 0 Å². The summed E-state index contributed by atoms with van der Waals surface area (Å²) in [6.07, 6.45) is 0.470. The minimum Gasteiger partial charge on any atom is -0.462 e. The molecule has 1 rings (SSSR count). The fourth-order valence-corrected chi connectivity index (χ4v) is 5.46. The van der Waals surface area contributed by atoms with Crippen molar-refractivity contribution < 1.29 is 31.2 Å². The molecule has 0 aliphatic carbocycles. The number of sulfone groups is 1. The fraction of sp³-hybridized carbons (Fsp3) is 0.471. The van der Waals surface area contributed by atoms with Gasteiger partial charge in [-0.25, -0.2) is 13.2 Å². The molecule has 0 bridgehead atoms. The van der Waals surface area contributed by atoms with E-state index in [1.54, 1.807) is 30.3 Å². The van der Waals surface area contributed by atoms with Gasteiger partial charge < -0.3 is 18.0 Å². The number of rotatable bonds is 12. The van der Waals surface area contributed by atoms with Crippen molar-refractivity contribution in [2.45, 2.75) is 18.2 Å². The molecule has 0 spiro atoms. The molecule has 1 aromatic rings. The molecule has 9 heteroatoms. The molecule has 0 radical (unpaired) electrons. The number of hydrogen-bond donors (Lipinski definition) is 0. The van der Waals surface area contributed by atoms with Crippen LogP contribution in [-0.4, -0.2) is 56.9 Å². The number of ether oxygens (including phenoxy) is 1. The molecular weight excluding hydrogens is 376 g/mol. The van der Waals surface area contributed by atoms with Gasteiger partial charge in [0.1, 0.15) is 0 Å². The van der Waals surface area contributed by atoms with Crippen LogP contribution in [0.1, 0.15) is 12.0 Å². The van der Waals surface area contributed by atoms with Crippen LogP contribution in [0.4, 0.5) is 0 Å². The van der Waals surface area contributed by atoms with E-state index in [9.17, 15) is 13.2 Å². The molecule has 26 heavy (non-hydrogen) atoms. The van der Waals surface area contributed by atoms with Gasteiger partial charge in [0.25, 0.3) is 0 Å². The molecule has 0 N–H and O–H groups in total. The van der Waals surface area contributed by atoms with Crippen molar-refractivity contribution in [2.75, 3.05) is 33.7 Å². The predicted molar refractivity (Wildman–Crippen MR) is 100 cm³/mol. The number of benzene rings is 1. The van der Waals surface area contributed by atoms with Crippen molar-refractivity contribution in [1.29, 1.82) is 0 Å². The first-order chi connectivity index (χ1) is 12.3. The predicted octanol–water partition coefficient (Wildman–Crippen LogP) is 1.97. The molecule has 0 atom stereocenters. The summed E-state index contributed by atoms with van der Waals surface area (Å²) in [5.74, 6) is -1.31. The Labute approximate surface area is 156 Å². The highest BCUT2D eigenvalue weighted by atomic mass is 32.2. The van der Waals surface area contributed by atoms with E-state index in [1.165, 1.54) is 21.3 Å². The Morgan fingerprint density at radius 2 is 1.65 bits per heavy atom. The van der Waals surface area contributed by atoms with E-state index in [4.69, 9.17) is 18.0 Å². The number of carbonyl (C=O) groups is 1. The molecule has 1 aromatic carbocycles. The van der Waals surface area contributed by atoms with E-state index in [1.807, 2.05) is 0 Å². The summed E-state index contributed by atoms with van der Waals surface area (Å²) in [6.45, 7) is 3.64. The van der Waals surface area contributed by atoms with E-state index in [0.717, 1.165) is 0 Å². The van der Waals surface area contributed by atoms with Crippen molar-refractivity contribution >= 4 is 24.6 Å². The highest BCUT2D eigenvalue weighted by molar-refractivity contribution is 7.90. The third kappa shape index (κ3) is 7.38. The third-order valence-electron chi connectivity index (χ3n) is 3.71. The van der Waals surface area contributed by atoms with E-state index < -0.39 is 30.4 Å². The standard InChI is InChI=1S/C17H26O7SSi/c1-15(13-25(19,20)14-16-9-6-5-7-10-16)17(18)24-11-8-12-26(21-2,22-3)23-4/h5-7,9-10H,1,8,11-14H2,2-4H3. The number of hydrogen-bond acceptors (Lipinski definition) is 7. The Morgan fingerprint density at radius 1 is 1.08 bits per heavy atom. The van der Waals surface area contributed by atoms with Gasteiger partial charge in [-0.15, -0.1) is 0 Å². The second-order valence-corrected chi connectivity index (χ2v) is 10.8. The van der Waals surface area contributed by atoms with Crippen molar-refractivity contribution in [1.82, 2.24) is 0 Å². The molecule has 0 heterocycles. The van der Waals surface area contributed by atoms with Crippen LogP contribution in [0.25, 0.3) is 0 Å². The van der Waals surface area contributed by atoms with Gasteiger partial charge >= 0.3 is 14.8 Å². The SMILES string of the molecule is C=C(CS(=O)(=O)Cc1ccccc1)C(=O)OCCC[Si](OC)(OC)OC. The summed E-state index contributed by atoms with van der Waals surface area (Å²) in [5.41, 5.74) is 0.573. The second-order valence-electron chi connectivity index (χ2n) is 5.66. The quantitative estimate of drug-likeness (QED) is 0.229. The summed E-state index contributed by atoms with van der Waals surface area (Å²) in [5, 5.41) is 0. The van der Waals surface area contributed by atoms with Crippen LogP contribution in [0, 0.1) is 0 Å². The lowest BCUT2D eigenvalue weighted by Crippen LogP contribution is -2.42. The number of esters is 1. The molecule has 0 fully saturated rings. The summed E-state index contributed by atoms with van der Waals surface area (Å²) >= 11 is 0. The molecule has 146 valence electrons. The van der Waals surface area contributed by atoms with Crippen LogP contribution in [0.5, 0.6) is 0 Å². The van der Waals surface area contributed by atoms with Crippen molar-refractivity contribution in [2.24, 2.45) is 0 Å². The maximum absolute atomic E-state index is 12.2. The summed E-state index contributed by atoms with van der Waals surface area (Å²) in [4.78, 5) is 11.9. The van der Waals surface area contributed by atoms with Gasteiger partial charge in [-0.05, 0) is 12.0 Å². The second kappa shape index (κ2) is 10.6. The van der Waals surface area contributed by atoms with Crippen molar-refractivity contribution in [3.63, 3.8) is 0 Å². The maximum Gasteiger partial charge on any atom is 0.500 e. The number of carbonyl (C=O) groups excluding carboxylic acids is 1. The Morgan fingerprint density at radius 3 is 2.19 bits per heavy atom. The molecule has 0 aliphatic rings. The summed E-state index contributed by atoms with van der Waals surface area (Å²) in [6, 6.07) is 9.24. The Balaban J connectivity index is 2.44. The molecule has 0 unspecified atom stereocenters. The van der Waals surface area contributed by atoms with Crippen molar-refractivity contribution in [3.8, 4) is 0 Å². The van der Waals surface area contributed by atoms with Crippen molar-refractivity contribution in [3.05, 3.63) is 48.0 Å². The zero-order chi connectivity index (χ0) is 19.6. The lowest BCUT2D eigenvalue weighted by molar-refractivity contribution is -0.138. The summed E-state index contributed by atoms with van der Waals surface area (Å²) < 4.78 is 45.3. The first-order valence-corrected chi connectivity index (χ1v) is 11.8. The highest BCUT2D eigenvalue weighted by Gasteiger charge is 2.37. The van der Waals surface area contributed by atoms with Gasteiger partial charge in [-0.1, -0.05) is 36.9 Å². The smallest absolute Gasteiger partial charge is 0.462 e. The largest absolute Gasteiger partial charge is 0.500 e. The highest BCUT2D eigenvalue weighted by Crippen LogP contribution is 2.15. The fourth-order valence-electron chi connectivity index (χ4n) is 2.32. The molecule has 0 aliphatic heterocycles. The molecular formula is C17H26O7SSi. The van der Waals surface area contributed by atoms with Gasteiger partial charge in [0.15, 0.2) is 9.84 Å². The van der Waals surface area contributed by atoms with Gasteiger partial charge in [0.05, 0.1) is 18.1 Å². The van der Waals surface area contributed by atoms with E-state index in [2.05, 4.69) is 6.58 Å². The van der Waals surface area contributed by atoms with Gasteiger partial charge in [0, 0.05) is 32.9 Å². The van der Waals surface area contributed by atoms with Gasteiger partial charge in [-0.3, -0.25) is 0 Å². The molecule has 0 aromatic heterocycles. The average molecular weight is 403 g/mol. The molecule has 0 saturated heterocycles. The van der Waals surface area contributed by atoms with Crippen LogP contribution in [0.15, 0.2) is 42.5 Å².